The predicted octanol–water partition coefficient (Wildman–Crippen LogP) is 3.03. The summed E-state index contributed by atoms with van der Waals surface area (Å²) >= 11 is 11.6. The van der Waals surface area contributed by atoms with Gasteiger partial charge in [0.2, 0.25) is 11.9 Å². The summed E-state index contributed by atoms with van der Waals surface area (Å²) in [5.74, 6) is -1.22. The highest BCUT2D eigenvalue weighted by atomic mass is 35.5. The molecule has 0 aliphatic rings. The van der Waals surface area contributed by atoms with E-state index in [1.165, 1.54) is 25.3 Å². The van der Waals surface area contributed by atoms with E-state index in [4.69, 9.17) is 23.2 Å². The van der Waals surface area contributed by atoms with Crippen molar-refractivity contribution in [3.05, 3.63) is 63.1 Å². The Bertz CT molecular complexity index is 707. The number of ether oxygens (including phenoxy) is 1. The van der Waals surface area contributed by atoms with Gasteiger partial charge >= 0.3 is 5.97 Å². The first-order valence-electron chi connectivity index (χ1n) is 5.88. The topological polar surface area (TPSA) is 50.4 Å². The number of nitrogens with zero attached hydrogens (tertiary/aromatic N) is 1. The molecule has 0 aliphatic heterocycles. The lowest BCUT2D eigenvalue weighted by molar-refractivity contribution is -0.909. The van der Waals surface area contributed by atoms with Crippen molar-refractivity contribution in [3.8, 4) is 0 Å². The molecule has 2 rings (SSSR count). The summed E-state index contributed by atoms with van der Waals surface area (Å²) in [6, 6.07) is 5.90. The van der Waals surface area contributed by atoms with Crippen molar-refractivity contribution in [1.82, 2.24) is 0 Å². The van der Waals surface area contributed by atoms with E-state index in [0.29, 0.717) is 0 Å². The maximum absolute atomic E-state index is 13.9. The first-order valence-corrected chi connectivity index (χ1v) is 6.64. The van der Waals surface area contributed by atoms with Gasteiger partial charge in [0.1, 0.15) is 10.8 Å². The van der Waals surface area contributed by atoms with Gasteiger partial charge in [-0.05, 0) is 6.07 Å². The number of esters is 1. The Balaban J connectivity index is 2.44. The molecule has 0 radical (unpaired) electrons. The molecule has 0 amide bonds. The molecule has 0 saturated carbocycles. The lowest BCUT2D eigenvalue weighted by Gasteiger charge is -2.05. The van der Waals surface area contributed by atoms with Crippen LogP contribution in [0.2, 0.25) is 10.0 Å². The lowest BCUT2D eigenvalue weighted by atomic mass is 10.1. The molecule has 0 spiro atoms. The van der Waals surface area contributed by atoms with Crippen molar-refractivity contribution in [3.63, 3.8) is 0 Å². The Labute approximate surface area is 130 Å². The van der Waals surface area contributed by atoms with Crippen LogP contribution in [0.4, 0.5) is 4.39 Å². The van der Waals surface area contributed by atoms with Crippen LogP contribution in [0, 0.1) is 5.82 Å². The molecule has 1 aromatic carbocycles. The van der Waals surface area contributed by atoms with Crippen molar-refractivity contribution in [2.24, 2.45) is 0 Å². The smallest absolute Gasteiger partial charge is 0.339 e. The monoisotopic (exact) mass is 330 g/mol. The Morgan fingerprint density at radius 1 is 1.38 bits per heavy atom. The molecular weight excluding hydrogens is 320 g/mol. The minimum atomic E-state index is -0.645. The third-order valence-electron chi connectivity index (χ3n) is 2.91. The number of benzene rings is 1. The standard InChI is InChI=1S/C14H11Cl2FNO3/c1-21-14(19)10-6-9(18(20)7-12(10)16)5-8-3-2-4-11(15)13(8)17/h2-4,6-7,20H,5H2,1H3/q+1. The van der Waals surface area contributed by atoms with Crippen molar-refractivity contribution in [2.45, 2.75) is 6.42 Å². The summed E-state index contributed by atoms with van der Waals surface area (Å²) in [7, 11) is 1.22. The van der Waals surface area contributed by atoms with Gasteiger partial charge in [0.15, 0.2) is 0 Å². The number of aromatic nitrogens is 1. The average Bonchev–Trinajstić information content (AvgIpc) is 2.45. The number of halogens is 3. The summed E-state index contributed by atoms with van der Waals surface area (Å²) < 4.78 is 19.2. The van der Waals surface area contributed by atoms with Gasteiger partial charge in [0.05, 0.1) is 24.1 Å². The quantitative estimate of drug-likeness (QED) is 0.534. The fourth-order valence-corrected chi connectivity index (χ4v) is 2.26. The van der Waals surface area contributed by atoms with E-state index < -0.39 is 11.8 Å². The summed E-state index contributed by atoms with van der Waals surface area (Å²) in [6.07, 6.45) is 1.18. The van der Waals surface area contributed by atoms with Crippen LogP contribution in [0.15, 0.2) is 30.5 Å². The third-order valence-corrected chi connectivity index (χ3v) is 3.50. The Morgan fingerprint density at radius 2 is 2.10 bits per heavy atom. The van der Waals surface area contributed by atoms with E-state index in [9.17, 15) is 14.4 Å². The van der Waals surface area contributed by atoms with E-state index in [1.54, 1.807) is 6.07 Å². The van der Waals surface area contributed by atoms with Crippen molar-refractivity contribution in [1.29, 1.82) is 0 Å². The molecule has 0 unspecified atom stereocenters. The summed E-state index contributed by atoms with van der Waals surface area (Å²) in [4.78, 5) is 11.6. The van der Waals surface area contributed by atoms with Crippen molar-refractivity contribution in [2.75, 3.05) is 7.11 Å². The molecule has 7 heteroatoms. The lowest BCUT2D eigenvalue weighted by Crippen LogP contribution is -2.36. The SMILES string of the molecule is COC(=O)c1cc(Cc2cccc(Cl)c2F)[n+](O)cc1Cl. The highest BCUT2D eigenvalue weighted by molar-refractivity contribution is 6.33. The van der Waals surface area contributed by atoms with Gasteiger partial charge in [0.25, 0.3) is 0 Å². The molecule has 1 N–H and O–H groups in total. The fourth-order valence-electron chi connectivity index (χ4n) is 1.84. The Kier molecular flexibility index (Phi) is 4.65. The second kappa shape index (κ2) is 6.28. The maximum Gasteiger partial charge on any atom is 0.339 e. The van der Waals surface area contributed by atoms with E-state index in [0.717, 1.165) is 10.9 Å². The van der Waals surface area contributed by atoms with E-state index in [2.05, 4.69) is 4.74 Å². The van der Waals surface area contributed by atoms with Gasteiger partial charge in [-0.3, -0.25) is 5.21 Å². The molecule has 0 saturated heterocycles. The molecule has 4 nitrogen and oxygen atoms in total. The number of rotatable bonds is 3. The zero-order valence-corrected chi connectivity index (χ0v) is 12.5. The van der Waals surface area contributed by atoms with Crippen LogP contribution in [-0.2, 0) is 11.2 Å². The summed E-state index contributed by atoms with van der Waals surface area (Å²) in [5, 5.41) is 9.83. The van der Waals surface area contributed by atoms with Crippen molar-refractivity contribution < 1.29 is 23.9 Å². The molecule has 0 bridgehead atoms. The van der Waals surface area contributed by atoms with Crippen LogP contribution in [0.5, 0.6) is 0 Å². The van der Waals surface area contributed by atoms with Crippen LogP contribution in [0.1, 0.15) is 21.6 Å². The van der Waals surface area contributed by atoms with Crippen LogP contribution >= 0.6 is 23.2 Å². The highest BCUT2D eigenvalue weighted by Crippen LogP contribution is 2.21. The van der Waals surface area contributed by atoms with E-state index in [-0.39, 0.29) is 33.3 Å². The number of carbonyl (C=O) groups excluding carboxylic acids is 1. The second-order valence-electron chi connectivity index (χ2n) is 4.25. The largest absolute Gasteiger partial charge is 0.465 e. The number of pyridine rings is 1. The van der Waals surface area contributed by atoms with Crippen LogP contribution in [0.25, 0.3) is 0 Å². The van der Waals surface area contributed by atoms with Crippen LogP contribution in [-0.4, -0.2) is 18.3 Å². The number of methoxy groups -OCH3 is 1. The van der Waals surface area contributed by atoms with Gasteiger partial charge in [-0.2, -0.15) is 0 Å². The van der Waals surface area contributed by atoms with Gasteiger partial charge in [-0.1, -0.05) is 35.3 Å². The highest BCUT2D eigenvalue weighted by Gasteiger charge is 2.22. The molecule has 0 atom stereocenters. The summed E-state index contributed by atoms with van der Waals surface area (Å²) in [5.41, 5.74) is 0.631. The fraction of sp³-hybridized carbons (Fsp3) is 0.143. The first kappa shape index (κ1) is 15.5. The zero-order chi connectivity index (χ0) is 15.6. The van der Waals surface area contributed by atoms with Crippen LogP contribution < -0.4 is 4.73 Å². The molecule has 1 heterocycles. The minimum Gasteiger partial charge on any atom is -0.465 e. The molecule has 0 fully saturated rings. The average molecular weight is 331 g/mol. The van der Waals surface area contributed by atoms with Gasteiger partial charge in [-0.15, -0.1) is 0 Å². The van der Waals surface area contributed by atoms with Crippen LogP contribution in [0.3, 0.4) is 0 Å². The van der Waals surface area contributed by atoms with E-state index in [1.807, 2.05) is 0 Å². The number of carbonyl (C=O) groups is 1. The number of hydrogen-bond donors (Lipinski definition) is 1. The van der Waals surface area contributed by atoms with Gasteiger partial charge in [0, 0.05) is 16.4 Å². The van der Waals surface area contributed by atoms with Crippen molar-refractivity contribution >= 4 is 29.2 Å². The van der Waals surface area contributed by atoms with E-state index >= 15 is 0 Å². The molecule has 110 valence electrons. The minimum absolute atomic E-state index is 0.0147. The van der Waals surface area contributed by atoms with Gasteiger partial charge in [-0.25, -0.2) is 9.18 Å². The molecule has 1 aromatic heterocycles. The molecular formula is C14H11Cl2FNO3+. The number of hydrogen-bond acceptors (Lipinski definition) is 3. The Hall–Kier alpha value is -1.85. The maximum atomic E-state index is 13.9. The van der Waals surface area contributed by atoms with Gasteiger partial charge < -0.3 is 4.74 Å². The molecule has 2 aromatic rings. The first-order chi connectivity index (χ1) is 9.93. The third kappa shape index (κ3) is 3.25. The summed E-state index contributed by atoms with van der Waals surface area (Å²) in [6.45, 7) is 0. The zero-order valence-electron chi connectivity index (χ0n) is 10.9. The molecule has 0 aliphatic carbocycles. The Morgan fingerprint density at radius 3 is 2.76 bits per heavy atom. The second-order valence-corrected chi connectivity index (χ2v) is 5.07. The normalized spacial score (nSPS) is 10.5. The molecule has 21 heavy (non-hydrogen) atoms. The predicted molar refractivity (Wildman–Crippen MR) is 74.4 cm³/mol.